The van der Waals surface area contributed by atoms with E-state index in [4.69, 9.17) is 0 Å². The summed E-state index contributed by atoms with van der Waals surface area (Å²) in [6.07, 6.45) is 2.95. The molecule has 0 bridgehead atoms. The molecule has 1 N–H and O–H groups in total. The van der Waals surface area contributed by atoms with Crippen LogP contribution in [0.25, 0.3) is 0 Å². The molecule has 1 saturated heterocycles. The van der Waals surface area contributed by atoms with E-state index in [2.05, 4.69) is 5.32 Å². The molecule has 2 aliphatic rings. The number of amides is 1. The Balaban J connectivity index is 1.35. The summed E-state index contributed by atoms with van der Waals surface area (Å²) in [5.41, 5.74) is 1.85. The standard InChI is InChI=1S/C21H23F2N3O3S/c22-18-5-2-6-19(23)21(18)24-20(27)14-25-9-11-26(12-10-25)30(28,29)17-8-7-15-3-1-4-16(15)13-17/h2,5-8,13H,1,3-4,9-12,14H2,(H,24,27). The number of anilines is 1. The predicted molar refractivity (Wildman–Crippen MR) is 109 cm³/mol. The Kier molecular flexibility index (Phi) is 5.86. The molecule has 0 radical (unpaired) electrons. The monoisotopic (exact) mass is 435 g/mol. The molecule has 0 spiro atoms. The second kappa shape index (κ2) is 8.41. The summed E-state index contributed by atoms with van der Waals surface area (Å²) in [7, 11) is -3.59. The molecule has 160 valence electrons. The van der Waals surface area contributed by atoms with Gasteiger partial charge in [-0.15, -0.1) is 0 Å². The van der Waals surface area contributed by atoms with Gasteiger partial charge in [0.1, 0.15) is 17.3 Å². The van der Waals surface area contributed by atoms with Crippen molar-refractivity contribution in [3.63, 3.8) is 0 Å². The number of carbonyl (C=O) groups is 1. The lowest BCUT2D eigenvalue weighted by Crippen LogP contribution is -2.50. The van der Waals surface area contributed by atoms with E-state index in [1.54, 1.807) is 17.0 Å². The van der Waals surface area contributed by atoms with Crippen molar-refractivity contribution in [3.8, 4) is 0 Å². The molecule has 2 aromatic rings. The lowest BCUT2D eigenvalue weighted by atomic mass is 10.1. The number of sulfonamides is 1. The van der Waals surface area contributed by atoms with Gasteiger partial charge < -0.3 is 5.32 Å². The van der Waals surface area contributed by atoms with E-state index in [0.29, 0.717) is 18.0 Å². The second-order valence-electron chi connectivity index (χ2n) is 7.61. The highest BCUT2D eigenvalue weighted by molar-refractivity contribution is 7.89. The SMILES string of the molecule is O=C(CN1CCN(S(=O)(=O)c2ccc3c(c2)CCC3)CC1)Nc1c(F)cccc1F. The fourth-order valence-electron chi connectivity index (χ4n) is 3.98. The minimum atomic E-state index is -3.59. The van der Waals surface area contributed by atoms with Gasteiger partial charge in [0.15, 0.2) is 0 Å². The van der Waals surface area contributed by atoms with Crippen molar-refractivity contribution < 1.29 is 22.0 Å². The Morgan fingerprint density at radius 2 is 1.63 bits per heavy atom. The largest absolute Gasteiger partial charge is 0.320 e. The van der Waals surface area contributed by atoms with E-state index in [1.165, 1.54) is 15.9 Å². The van der Waals surface area contributed by atoms with Gasteiger partial charge in [0.05, 0.1) is 11.4 Å². The molecule has 9 heteroatoms. The number of benzene rings is 2. The van der Waals surface area contributed by atoms with E-state index in [0.717, 1.165) is 37.0 Å². The minimum absolute atomic E-state index is 0.0689. The summed E-state index contributed by atoms with van der Waals surface area (Å²) in [4.78, 5) is 14.3. The average molecular weight is 435 g/mol. The molecule has 0 saturated carbocycles. The summed E-state index contributed by atoms with van der Waals surface area (Å²) in [6, 6.07) is 8.71. The zero-order valence-electron chi connectivity index (χ0n) is 16.4. The van der Waals surface area contributed by atoms with Crippen LogP contribution in [0.2, 0.25) is 0 Å². The van der Waals surface area contributed by atoms with Crippen LogP contribution in [-0.4, -0.2) is 56.3 Å². The number of carbonyl (C=O) groups excluding carboxylic acids is 1. The van der Waals surface area contributed by atoms with Crippen LogP contribution in [0.1, 0.15) is 17.5 Å². The number of para-hydroxylation sites is 1. The van der Waals surface area contributed by atoms with Gasteiger partial charge in [-0.1, -0.05) is 12.1 Å². The van der Waals surface area contributed by atoms with Gasteiger partial charge in [0, 0.05) is 26.2 Å². The first-order valence-corrected chi connectivity index (χ1v) is 11.4. The van der Waals surface area contributed by atoms with Crippen molar-refractivity contribution in [2.24, 2.45) is 0 Å². The summed E-state index contributed by atoms with van der Waals surface area (Å²) in [5.74, 6) is -2.23. The first kappa shape index (κ1) is 20.9. The maximum atomic E-state index is 13.7. The van der Waals surface area contributed by atoms with E-state index in [9.17, 15) is 22.0 Å². The number of hydrogen-bond donors (Lipinski definition) is 1. The zero-order valence-corrected chi connectivity index (χ0v) is 17.2. The molecule has 6 nitrogen and oxygen atoms in total. The van der Waals surface area contributed by atoms with E-state index in [1.807, 2.05) is 6.07 Å². The number of hydrogen-bond acceptors (Lipinski definition) is 4. The summed E-state index contributed by atoms with van der Waals surface area (Å²) in [6.45, 7) is 1.15. The van der Waals surface area contributed by atoms with E-state index >= 15 is 0 Å². The molecule has 1 amide bonds. The van der Waals surface area contributed by atoms with Gasteiger partial charge in [-0.3, -0.25) is 9.69 Å². The Morgan fingerprint density at radius 1 is 0.967 bits per heavy atom. The predicted octanol–water partition coefficient (Wildman–Crippen LogP) is 2.40. The number of nitrogens with zero attached hydrogens (tertiary/aromatic N) is 2. The molecule has 30 heavy (non-hydrogen) atoms. The number of fused-ring (bicyclic) bond motifs is 1. The first-order valence-electron chi connectivity index (χ1n) is 9.93. The fourth-order valence-corrected chi connectivity index (χ4v) is 5.46. The van der Waals surface area contributed by atoms with Crippen LogP contribution in [0.4, 0.5) is 14.5 Å². The van der Waals surface area contributed by atoms with E-state index < -0.39 is 33.3 Å². The lowest BCUT2D eigenvalue weighted by molar-refractivity contribution is -0.117. The number of halogens is 2. The normalized spacial score (nSPS) is 17.7. The molecule has 0 unspecified atom stereocenters. The van der Waals surface area contributed by atoms with Crippen molar-refractivity contribution in [1.29, 1.82) is 0 Å². The van der Waals surface area contributed by atoms with Crippen LogP contribution in [0.5, 0.6) is 0 Å². The summed E-state index contributed by atoms with van der Waals surface area (Å²) < 4.78 is 54.7. The van der Waals surface area contributed by atoms with Crippen LogP contribution in [0, 0.1) is 11.6 Å². The molecule has 2 aromatic carbocycles. The van der Waals surface area contributed by atoms with Crippen molar-refractivity contribution in [2.75, 3.05) is 38.0 Å². The van der Waals surface area contributed by atoms with Gasteiger partial charge >= 0.3 is 0 Å². The molecule has 1 aliphatic carbocycles. The number of nitrogens with one attached hydrogen (secondary N) is 1. The molecule has 1 fully saturated rings. The van der Waals surface area contributed by atoms with Crippen molar-refractivity contribution in [1.82, 2.24) is 9.21 Å². The molecule has 1 aliphatic heterocycles. The maximum Gasteiger partial charge on any atom is 0.243 e. The Bertz CT molecular complexity index is 1050. The summed E-state index contributed by atoms with van der Waals surface area (Å²) in [5, 5.41) is 2.25. The first-order chi connectivity index (χ1) is 14.3. The second-order valence-corrected chi connectivity index (χ2v) is 9.55. The quantitative estimate of drug-likeness (QED) is 0.783. The number of aryl methyl sites for hydroxylation is 2. The fraction of sp³-hybridized carbons (Fsp3) is 0.381. The number of piperazine rings is 1. The third kappa shape index (κ3) is 4.23. The minimum Gasteiger partial charge on any atom is -0.320 e. The molecule has 0 atom stereocenters. The van der Waals surface area contributed by atoms with Crippen molar-refractivity contribution in [3.05, 3.63) is 59.2 Å². The van der Waals surface area contributed by atoms with Crippen molar-refractivity contribution in [2.45, 2.75) is 24.2 Å². The van der Waals surface area contributed by atoms with Crippen LogP contribution >= 0.6 is 0 Å². The molecule has 4 rings (SSSR count). The van der Waals surface area contributed by atoms with Gasteiger partial charge in [0.25, 0.3) is 0 Å². The molecular formula is C21H23F2N3O3S. The van der Waals surface area contributed by atoms with Crippen molar-refractivity contribution >= 4 is 21.6 Å². The highest BCUT2D eigenvalue weighted by Gasteiger charge is 2.30. The third-order valence-electron chi connectivity index (χ3n) is 5.63. The molecular weight excluding hydrogens is 412 g/mol. The molecule has 0 aromatic heterocycles. The van der Waals surface area contributed by atoms with Crippen LogP contribution < -0.4 is 5.32 Å². The van der Waals surface area contributed by atoms with Gasteiger partial charge in [0.2, 0.25) is 15.9 Å². The Morgan fingerprint density at radius 3 is 2.33 bits per heavy atom. The van der Waals surface area contributed by atoms with Gasteiger partial charge in [-0.2, -0.15) is 4.31 Å². The maximum absolute atomic E-state index is 13.7. The van der Waals surface area contributed by atoms with Crippen LogP contribution in [0.15, 0.2) is 41.3 Å². The van der Waals surface area contributed by atoms with Gasteiger partial charge in [-0.05, 0) is 54.7 Å². The third-order valence-corrected chi connectivity index (χ3v) is 7.53. The van der Waals surface area contributed by atoms with E-state index in [-0.39, 0.29) is 19.6 Å². The highest BCUT2D eigenvalue weighted by atomic mass is 32.2. The lowest BCUT2D eigenvalue weighted by Gasteiger charge is -2.33. The Labute approximate surface area is 174 Å². The van der Waals surface area contributed by atoms with Gasteiger partial charge in [-0.25, -0.2) is 17.2 Å². The van der Waals surface area contributed by atoms with Crippen LogP contribution in [0.3, 0.4) is 0 Å². The summed E-state index contributed by atoms with van der Waals surface area (Å²) >= 11 is 0. The zero-order chi connectivity index (χ0) is 21.3. The smallest absolute Gasteiger partial charge is 0.243 e. The molecule has 1 heterocycles. The topological polar surface area (TPSA) is 69.7 Å². The average Bonchev–Trinajstić information content (AvgIpc) is 3.19. The number of rotatable bonds is 5. The van der Waals surface area contributed by atoms with Crippen LogP contribution in [-0.2, 0) is 27.7 Å². The Hall–Kier alpha value is -2.36. The highest BCUT2D eigenvalue weighted by Crippen LogP contribution is 2.26.